The van der Waals surface area contributed by atoms with Crippen LogP contribution in [-0.4, -0.2) is 40.4 Å². The predicted octanol–water partition coefficient (Wildman–Crippen LogP) is 4.06. The van der Waals surface area contributed by atoms with Gasteiger partial charge in [0.2, 0.25) is 5.82 Å². The molecule has 1 N–H and O–H groups in total. The van der Waals surface area contributed by atoms with E-state index in [9.17, 15) is 0 Å². The molecule has 0 saturated carbocycles. The minimum absolute atomic E-state index is 0.0449. The molecular formula is C21H24N8. The molecule has 3 aromatic heterocycles. The van der Waals surface area contributed by atoms with E-state index in [1.807, 2.05) is 37.0 Å². The van der Waals surface area contributed by atoms with E-state index in [4.69, 9.17) is 5.10 Å². The summed E-state index contributed by atoms with van der Waals surface area (Å²) in [6.45, 7) is 15.3. The fourth-order valence-corrected chi connectivity index (χ4v) is 3.35. The summed E-state index contributed by atoms with van der Waals surface area (Å²) in [5.74, 6) is 1.25. The average molecular weight is 388 g/mol. The monoisotopic (exact) mass is 388 g/mol. The van der Waals surface area contributed by atoms with Gasteiger partial charge in [0.1, 0.15) is 5.82 Å². The molecule has 0 saturated heterocycles. The van der Waals surface area contributed by atoms with Gasteiger partial charge in [-0.05, 0) is 47.7 Å². The van der Waals surface area contributed by atoms with Crippen molar-refractivity contribution in [3.8, 4) is 22.5 Å². The Hall–Kier alpha value is -3.42. The number of aromatic nitrogens is 8. The number of benzene rings is 1. The van der Waals surface area contributed by atoms with Crippen LogP contribution in [0.2, 0.25) is 0 Å². The lowest BCUT2D eigenvalue weighted by atomic mass is 9.96. The number of hydrogen-bond donors (Lipinski definition) is 1. The zero-order valence-corrected chi connectivity index (χ0v) is 17.4. The molecule has 0 atom stereocenters. The second-order valence-electron chi connectivity index (χ2n) is 8.52. The standard InChI is InChI=1S/C21H24N8/c1-12(2)18-16-7-14(15-9-22-13(3)23-10-15)8-17(20-24-27-28-25-20)19(16)29(26-18)11-21(4,5)6/h7-10H,1,11H2,2-6H3,(H,24,25,27,28). The molecule has 3 heterocycles. The summed E-state index contributed by atoms with van der Waals surface area (Å²) in [5, 5.41) is 20.7. The van der Waals surface area contributed by atoms with Crippen LogP contribution < -0.4 is 0 Å². The summed E-state index contributed by atoms with van der Waals surface area (Å²) >= 11 is 0. The third-order valence-corrected chi connectivity index (χ3v) is 4.57. The number of tetrazole rings is 1. The zero-order chi connectivity index (χ0) is 20.8. The Kier molecular flexibility index (Phi) is 4.49. The minimum atomic E-state index is 0.0449. The summed E-state index contributed by atoms with van der Waals surface area (Å²) in [6, 6.07) is 4.16. The first-order valence-corrected chi connectivity index (χ1v) is 9.46. The zero-order valence-electron chi connectivity index (χ0n) is 17.4. The number of allylic oxidation sites excluding steroid dienone is 1. The molecule has 4 rings (SSSR count). The Morgan fingerprint density at radius 3 is 2.45 bits per heavy atom. The molecule has 0 aliphatic heterocycles. The highest BCUT2D eigenvalue weighted by Crippen LogP contribution is 2.36. The topological polar surface area (TPSA) is 98.1 Å². The SMILES string of the molecule is C=C(C)c1nn(CC(C)(C)C)c2c(-c3nn[nH]n3)cc(-c3cnc(C)nc3)cc12. The van der Waals surface area contributed by atoms with Gasteiger partial charge in [-0.1, -0.05) is 27.4 Å². The van der Waals surface area contributed by atoms with Gasteiger partial charge in [-0.3, -0.25) is 4.68 Å². The van der Waals surface area contributed by atoms with Crippen LogP contribution in [0, 0.1) is 12.3 Å². The molecule has 0 amide bonds. The van der Waals surface area contributed by atoms with E-state index in [0.29, 0.717) is 5.82 Å². The van der Waals surface area contributed by atoms with Crippen LogP contribution in [0.15, 0.2) is 31.1 Å². The maximum Gasteiger partial charge on any atom is 0.206 e. The number of H-pyrrole nitrogens is 1. The van der Waals surface area contributed by atoms with E-state index in [2.05, 4.69) is 64.0 Å². The highest BCUT2D eigenvalue weighted by Gasteiger charge is 2.22. The Morgan fingerprint density at radius 1 is 1.14 bits per heavy atom. The number of nitrogens with zero attached hydrogens (tertiary/aromatic N) is 7. The van der Waals surface area contributed by atoms with Crippen LogP contribution in [-0.2, 0) is 6.54 Å². The second-order valence-corrected chi connectivity index (χ2v) is 8.52. The fraction of sp³-hybridized carbons (Fsp3) is 0.333. The maximum absolute atomic E-state index is 4.89. The van der Waals surface area contributed by atoms with Gasteiger partial charge in [0.15, 0.2) is 0 Å². The van der Waals surface area contributed by atoms with E-state index in [-0.39, 0.29) is 5.41 Å². The van der Waals surface area contributed by atoms with Gasteiger partial charge in [-0.15, -0.1) is 10.2 Å². The fourth-order valence-electron chi connectivity index (χ4n) is 3.35. The van der Waals surface area contributed by atoms with Crippen molar-refractivity contribution in [2.75, 3.05) is 0 Å². The number of fused-ring (bicyclic) bond motifs is 1. The van der Waals surface area contributed by atoms with Crippen molar-refractivity contribution in [3.05, 3.63) is 42.6 Å². The Labute approximate surface area is 169 Å². The van der Waals surface area contributed by atoms with Gasteiger partial charge in [-0.25, -0.2) is 9.97 Å². The van der Waals surface area contributed by atoms with Crippen LogP contribution in [0.25, 0.3) is 39.0 Å². The van der Waals surface area contributed by atoms with Crippen molar-refractivity contribution in [3.63, 3.8) is 0 Å². The number of aromatic amines is 1. The van der Waals surface area contributed by atoms with E-state index < -0.39 is 0 Å². The lowest BCUT2D eigenvalue weighted by molar-refractivity contribution is 0.331. The molecular weight excluding hydrogens is 364 g/mol. The molecule has 0 bridgehead atoms. The van der Waals surface area contributed by atoms with Gasteiger partial charge in [0.05, 0.1) is 11.2 Å². The number of nitrogens with one attached hydrogen (secondary N) is 1. The largest absolute Gasteiger partial charge is 0.263 e. The van der Waals surface area contributed by atoms with Gasteiger partial charge in [-0.2, -0.15) is 10.3 Å². The first-order chi connectivity index (χ1) is 13.7. The first-order valence-electron chi connectivity index (χ1n) is 9.46. The molecule has 8 heteroatoms. The highest BCUT2D eigenvalue weighted by atomic mass is 15.5. The first kappa shape index (κ1) is 18.9. The van der Waals surface area contributed by atoms with Crippen molar-refractivity contribution in [1.82, 2.24) is 40.4 Å². The molecule has 0 aliphatic rings. The Bertz CT molecular complexity index is 1180. The summed E-state index contributed by atoms with van der Waals surface area (Å²) in [5.41, 5.74) is 5.52. The van der Waals surface area contributed by atoms with Crippen molar-refractivity contribution < 1.29 is 0 Å². The molecule has 0 fully saturated rings. The molecule has 4 aromatic rings. The predicted molar refractivity (Wildman–Crippen MR) is 113 cm³/mol. The van der Waals surface area contributed by atoms with Crippen molar-refractivity contribution in [2.24, 2.45) is 5.41 Å². The van der Waals surface area contributed by atoms with E-state index in [1.54, 1.807) is 0 Å². The van der Waals surface area contributed by atoms with Crippen LogP contribution in [0.3, 0.4) is 0 Å². The molecule has 29 heavy (non-hydrogen) atoms. The molecule has 0 radical (unpaired) electrons. The lowest BCUT2D eigenvalue weighted by Crippen LogP contribution is -2.16. The third kappa shape index (κ3) is 3.65. The molecule has 148 valence electrons. The minimum Gasteiger partial charge on any atom is -0.263 e. The highest BCUT2D eigenvalue weighted by molar-refractivity contribution is 6.01. The molecule has 8 nitrogen and oxygen atoms in total. The smallest absolute Gasteiger partial charge is 0.206 e. The van der Waals surface area contributed by atoms with Crippen molar-refractivity contribution in [2.45, 2.75) is 41.2 Å². The quantitative estimate of drug-likeness (QED) is 0.566. The van der Waals surface area contributed by atoms with Gasteiger partial charge < -0.3 is 0 Å². The third-order valence-electron chi connectivity index (χ3n) is 4.57. The van der Waals surface area contributed by atoms with Crippen LogP contribution >= 0.6 is 0 Å². The Balaban J connectivity index is 2.06. The van der Waals surface area contributed by atoms with E-state index >= 15 is 0 Å². The molecule has 0 aliphatic carbocycles. The van der Waals surface area contributed by atoms with E-state index in [1.165, 1.54) is 0 Å². The summed E-state index contributed by atoms with van der Waals surface area (Å²) in [4.78, 5) is 8.68. The summed E-state index contributed by atoms with van der Waals surface area (Å²) < 4.78 is 2.03. The lowest BCUT2D eigenvalue weighted by Gasteiger charge is -2.19. The van der Waals surface area contributed by atoms with E-state index in [0.717, 1.165) is 51.2 Å². The summed E-state index contributed by atoms with van der Waals surface area (Å²) in [6.07, 6.45) is 3.65. The number of rotatable bonds is 4. The summed E-state index contributed by atoms with van der Waals surface area (Å²) in [7, 11) is 0. The maximum atomic E-state index is 4.89. The van der Waals surface area contributed by atoms with Crippen molar-refractivity contribution in [1.29, 1.82) is 0 Å². The normalized spacial score (nSPS) is 11.9. The van der Waals surface area contributed by atoms with Crippen LogP contribution in [0.1, 0.15) is 39.2 Å². The molecule has 0 spiro atoms. The van der Waals surface area contributed by atoms with Crippen LogP contribution in [0.5, 0.6) is 0 Å². The average Bonchev–Trinajstić information content (AvgIpc) is 3.29. The van der Waals surface area contributed by atoms with Gasteiger partial charge in [0, 0.05) is 35.5 Å². The van der Waals surface area contributed by atoms with Crippen LogP contribution in [0.4, 0.5) is 0 Å². The molecule has 0 unspecified atom stereocenters. The van der Waals surface area contributed by atoms with Gasteiger partial charge in [0.25, 0.3) is 0 Å². The second kappa shape index (κ2) is 6.88. The number of aryl methyl sites for hydroxylation is 1. The van der Waals surface area contributed by atoms with Gasteiger partial charge >= 0.3 is 0 Å². The van der Waals surface area contributed by atoms with Crippen molar-refractivity contribution >= 4 is 16.5 Å². The Morgan fingerprint density at radius 2 is 1.86 bits per heavy atom. The molecule has 1 aromatic carbocycles. The number of hydrogen-bond acceptors (Lipinski definition) is 6.